The molecule has 1 heterocycles. The Morgan fingerprint density at radius 3 is 1.83 bits per heavy atom. The van der Waals surface area contributed by atoms with Crippen molar-refractivity contribution in [2.75, 3.05) is 7.11 Å². The van der Waals surface area contributed by atoms with Crippen molar-refractivity contribution in [3.05, 3.63) is 113 Å². The van der Waals surface area contributed by atoms with Gasteiger partial charge in [-0.05, 0) is 16.7 Å². The summed E-state index contributed by atoms with van der Waals surface area (Å²) in [5, 5.41) is 0. The summed E-state index contributed by atoms with van der Waals surface area (Å²) in [6.07, 6.45) is -0.00709. The van der Waals surface area contributed by atoms with E-state index < -0.39 is 24.0 Å². The fraction of sp³-hybridized carbons (Fsp3) is 0.154. The quantitative estimate of drug-likeness (QED) is 0.450. The van der Waals surface area contributed by atoms with Crippen molar-refractivity contribution in [1.29, 1.82) is 0 Å². The molecule has 4 rings (SSSR count). The summed E-state index contributed by atoms with van der Waals surface area (Å²) < 4.78 is 10.8. The minimum Gasteiger partial charge on any atom is -0.466 e. The highest BCUT2D eigenvalue weighted by atomic mass is 16.6. The summed E-state index contributed by atoms with van der Waals surface area (Å²) in [5.74, 6) is -1.64. The first-order chi connectivity index (χ1) is 14.7. The maximum atomic E-state index is 13.0. The molecule has 0 N–H and O–H groups in total. The molecule has 1 saturated heterocycles. The number of hydrogen-bond acceptors (Lipinski definition) is 4. The van der Waals surface area contributed by atoms with Gasteiger partial charge in [0.15, 0.2) is 0 Å². The highest BCUT2D eigenvalue weighted by molar-refractivity contribution is 6.06. The van der Waals surface area contributed by atoms with E-state index in [0.717, 1.165) is 16.7 Å². The second-order valence-electron chi connectivity index (χ2n) is 7.14. The number of benzene rings is 3. The molecule has 1 aliphatic heterocycles. The lowest BCUT2D eigenvalue weighted by molar-refractivity contribution is -0.146. The molecule has 0 unspecified atom stereocenters. The molecule has 30 heavy (non-hydrogen) atoms. The van der Waals surface area contributed by atoms with Gasteiger partial charge in [0.1, 0.15) is 6.10 Å². The first-order valence-corrected chi connectivity index (χ1v) is 9.88. The second-order valence-corrected chi connectivity index (χ2v) is 7.14. The Hall–Kier alpha value is -3.66. The molecule has 2 atom stereocenters. The van der Waals surface area contributed by atoms with Gasteiger partial charge in [0.25, 0.3) is 0 Å². The zero-order chi connectivity index (χ0) is 20.9. The lowest BCUT2D eigenvalue weighted by atomic mass is 9.84. The Balaban J connectivity index is 1.87. The van der Waals surface area contributed by atoms with Crippen LogP contribution in [0.2, 0.25) is 0 Å². The molecular weight excluding hydrogens is 376 g/mol. The van der Waals surface area contributed by atoms with Gasteiger partial charge in [0, 0.05) is 12.0 Å². The molecule has 150 valence electrons. The number of hydrogen-bond donors (Lipinski definition) is 0. The molecule has 3 aromatic carbocycles. The van der Waals surface area contributed by atoms with Gasteiger partial charge in [-0.1, -0.05) is 91.0 Å². The van der Waals surface area contributed by atoms with Gasteiger partial charge in [-0.3, -0.25) is 4.79 Å². The molecule has 0 saturated carbocycles. The number of methoxy groups -OCH3 is 1. The van der Waals surface area contributed by atoms with Crippen molar-refractivity contribution in [1.82, 2.24) is 0 Å². The molecule has 0 aliphatic carbocycles. The predicted molar refractivity (Wildman–Crippen MR) is 114 cm³/mol. The van der Waals surface area contributed by atoms with Crippen LogP contribution in [0.25, 0.3) is 5.57 Å². The van der Waals surface area contributed by atoms with Crippen LogP contribution in [-0.4, -0.2) is 19.0 Å². The summed E-state index contributed by atoms with van der Waals surface area (Å²) in [6.45, 7) is 0. The summed E-state index contributed by atoms with van der Waals surface area (Å²) in [6, 6.07) is 28.8. The largest absolute Gasteiger partial charge is 0.466 e. The van der Waals surface area contributed by atoms with Gasteiger partial charge < -0.3 is 9.47 Å². The lowest BCUT2D eigenvalue weighted by Gasteiger charge is -2.18. The summed E-state index contributed by atoms with van der Waals surface area (Å²) in [4.78, 5) is 25.9. The highest BCUT2D eigenvalue weighted by Gasteiger charge is 2.42. The van der Waals surface area contributed by atoms with E-state index in [9.17, 15) is 9.59 Å². The fourth-order valence-corrected chi connectivity index (χ4v) is 3.90. The number of esters is 2. The maximum Gasteiger partial charge on any atom is 0.335 e. The van der Waals surface area contributed by atoms with E-state index in [-0.39, 0.29) is 0 Å². The SMILES string of the molecule is COC(=O)C(=C(c1ccccc1)c1ccccc1)[C@H]1C[C@@H](c2ccccc2)OC1=O. The van der Waals surface area contributed by atoms with Gasteiger partial charge in [0.2, 0.25) is 0 Å². The Labute approximate surface area is 175 Å². The molecule has 0 radical (unpaired) electrons. The topological polar surface area (TPSA) is 52.6 Å². The van der Waals surface area contributed by atoms with Crippen LogP contribution in [0.5, 0.6) is 0 Å². The zero-order valence-corrected chi connectivity index (χ0v) is 16.7. The van der Waals surface area contributed by atoms with Crippen LogP contribution in [0.1, 0.15) is 29.2 Å². The Kier molecular flexibility index (Phi) is 5.75. The Morgan fingerprint density at radius 2 is 1.33 bits per heavy atom. The third-order valence-corrected chi connectivity index (χ3v) is 5.31. The molecule has 1 aliphatic rings. The van der Waals surface area contributed by atoms with E-state index in [1.165, 1.54) is 7.11 Å². The normalized spacial score (nSPS) is 17.8. The fourth-order valence-electron chi connectivity index (χ4n) is 3.90. The first-order valence-electron chi connectivity index (χ1n) is 9.88. The zero-order valence-electron chi connectivity index (χ0n) is 16.7. The number of carbonyl (C=O) groups is 2. The van der Waals surface area contributed by atoms with Crippen LogP contribution < -0.4 is 0 Å². The summed E-state index contributed by atoms with van der Waals surface area (Å²) >= 11 is 0. The Morgan fingerprint density at radius 1 is 0.833 bits per heavy atom. The second kappa shape index (κ2) is 8.78. The van der Waals surface area contributed by atoms with Crippen LogP contribution in [-0.2, 0) is 19.1 Å². The standard InChI is InChI=1S/C26H22O4/c1-29-26(28)24(21-17-22(30-25(21)27)18-11-5-2-6-12-18)23(19-13-7-3-8-14-19)20-15-9-4-10-16-20/h2-16,21-22H,17H2,1H3/t21-,22+/m1/s1. The third-order valence-electron chi connectivity index (χ3n) is 5.31. The van der Waals surface area contributed by atoms with Crippen molar-refractivity contribution in [2.45, 2.75) is 12.5 Å². The van der Waals surface area contributed by atoms with Gasteiger partial charge in [0.05, 0.1) is 18.6 Å². The first kappa shape index (κ1) is 19.6. The third kappa shape index (κ3) is 3.90. The van der Waals surface area contributed by atoms with E-state index in [0.29, 0.717) is 17.6 Å². The summed E-state index contributed by atoms with van der Waals surface area (Å²) in [7, 11) is 1.34. The van der Waals surface area contributed by atoms with Gasteiger partial charge >= 0.3 is 11.9 Å². The average Bonchev–Trinajstić information content (AvgIpc) is 3.19. The minimum atomic E-state index is -0.710. The smallest absolute Gasteiger partial charge is 0.335 e. The number of carbonyl (C=O) groups excluding carboxylic acids is 2. The van der Waals surface area contributed by atoms with Gasteiger partial charge in [-0.15, -0.1) is 0 Å². The van der Waals surface area contributed by atoms with E-state index in [1.807, 2.05) is 91.0 Å². The van der Waals surface area contributed by atoms with Crippen molar-refractivity contribution in [2.24, 2.45) is 5.92 Å². The number of cyclic esters (lactones) is 1. The molecule has 0 spiro atoms. The average molecular weight is 398 g/mol. The van der Waals surface area contributed by atoms with Crippen LogP contribution in [0.15, 0.2) is 96.6 Å². The van der Waals surface area contributed by atoms with Crippen LogP contribution >= 0.6 is 0 Å². The number of rotatable bonds is 5. The maximum absolute atomic E-state index is 13.0. The van der Waals surface area contributed by atoms with E-state index in [4.69, 9.17) is 9.47 Å². The van der Waals surface area contributed by atoms with Crippen LogP contribution in [0.3, 0.4) is 0 Å². The molecule has 3 aromatic rings. The molecule has 0 aromatic heterocycles. The van der Waals surface area contributed by atoms with E-state index in [1.54, 1.807) is 0 Å². The molecule has 0 amide bonds. The van der Waals surface area contributed by atoms with E-state index >= 15 is 0 Å². The molecule has 0 bridgehead atoms. The number of ether oxygens (including phenoxy) is 2. The Bertz CT molecular complexity index is 1010. The van der Waals surface area contributed by atoms with Crippen LogP contribution in [0.4, 0.5) is 0 Å². The predicted octanol–water partition coefficient (Wildman–Crippen LogP) is 4.97. The van der Waals surface area contributed by atoms with Gasteiger partial charge in [-0.25, -0.2) is 4.79 Å². The minimum absolute atomic E-state index is 0.332. The van der Waals surface area contributed by atoms with E-state index in [2.05, 4.69) is 0 Å². The monoisotopic (exact) mass is 398 g/mol. The van der Waals surface area contributed by atoms with Crippen molar-refractivity contribution in [3.63, 3.8) is 0 Å². The molecule has 1 fully saturated rings. The van der Waals surface area contributed by atoms with Crippen LogP contribution in [0, 0.1) is 5.92 Å². The lowest BCUT2D eigenvalue weighted by Crippen LogP contribution is -2.21. The molecular formula is C26H22O4. The van der Waals surface area contributed by atoms with Crippen molar-refractivity contribution in [3.8, 4) is 0 Å². The highest BCUT2D eigenvalue weighted by Crippen LogP contribution is 2.41. The van der Waals surface area contributed by atoms with Gasteiger partial charge in [-0.2, -0.15) is 0 Å². The van der Waals surface area contributed by atoms with Crippen molar-refractivity contribution >= 4 is 17.5 Å². The summed E-state index contributed by atoms with van der Waals surface area (Å²) in [5.41, 5.74) is 3.63. The molecule has 4 nitrogen and oxygen atoms in total. The molecule has 4 heteroatoms. The van der Waals surface area contributed by atoms with Crippen molar-refractivity contribution < 1.29 is 19.1 Å².